The lowest BCUT2D eigenvalue weighted by Gasteiger charge is -2.28. The number of aliphatic imine (C=N–C) groups is 1. The van der Waals surface area contributed by atoms with Crippen LogP contribution in [0.5, 0.6) is 17.2 Å². The summed E-state index contributed by atoms with van der Waals surface area (Å²) in [5, 5.41) is 0.519. The second-order valence-electron chi connectivity index (χ2n) is 10.1. The standard InChI is InChI=1S/C31H39ClN6O4/c1-6-8-12-37(13-9-7-2)19-38-24-11-10-22(32)17-23(24)27(30(38)39)35-31-34-18-21(29(33)36-31)14-20-15-25(40-3)28(42-5)26(16-20)41-4/h10-11,15-18H,6-9,12-14,19H2,1-5H3,(H2,33,34,36). The van der Waals surface area contributed by atoms with E-state index in [1.807, 2.05) is 18.2 Å². The molecule has 224 valence electrons. The van der Waals surface area contributed by atoms with Crippen LogP contribution in [-0.2, 0) is 11.2 Å². The van der Waals surface area contributed by atoms with Gasteiger partial charge in [-0.2, -0.15) is 4.98 Å². The third kappa shape index (κ3) is 6.94. The largest absolute Gasteiger partial charge is 0.493 e. The minimum Gasteiger partial charge on any atom is -0.493 e. The van der Waals surface area contributed by atoms with Gasteiger partial charge in [0.05, 0.1) is 33.7 Å². The SMILES string of the molecule is CCCCN(CCCC)CN1C(=O)C(=Nc2ncc(Cc3cc(OC)c(OC)c(OC)c3)c(N)n2)c2cc(Cl)ccc21. The van der Waals surface area contributed by atoms with Crippen LogP contribution in [0, 0.1) is 0 Å². The van der Waals surface area contributed by atoms with Crippen molar-refractivity contribution in [1.82, 2.24) is 14.9 Å². The van der Waals surface area contributed by atoms with Gasteiger partial charge in [-0.15, -0.1) is 0 Å². The monoisotopic (exact) mass is 594 g/mol. The lowest BCUT2D eigenvalue weighted by Crippen LogP contribution is -2.42. The molecule has 2 aromatic carbocycles. The van der Waals surface area contributed by atoms with Gasteiger partial charge < -0.3 is 19.9 Å². The Bertz CT molecular complexity index is 1410. The van der Waals surface area contributed by atoms with Crippen LogP contribution < -0.4 is 24.8 Å². The zero-order valence-corrected chi connectivity index (χ0v) is 25.7. The highest BCUT2D eigenvalue weighted by molar-refractivity contribution is 6.55. The molecule has 0 radical (unpaired) electrons. The number of unbranched alkanes of at least 4 members (excludes halogenated alkanes) is 2. The molecule has 0 spiro atoms. The summed E-state index contributed by atoms with van der Waals surface area (Å²) in [6.07, 6.45) is 6.35. The van der Waals surface area contributed by atoms with E-state index in [1.54, 1.807) is 44.6 Å². The number of hydrogen-bond donors (Lipinski definition) is 1. The summed E-state index contributed by atoms with van der Waals surface area (Å²) < 4.78 is 16.3. The summed E-state index contributed by atoms with van der Waals surface area (Å²) in [5.74, 6) is 1.74. The van der Waals surface area contributed by atoms with Gasteiger partial charge >= 0.3 is 0 Å². The summed E-state index contributed by atoms with van der Waals surface area (Å²) >= 11 is 6.34. The number of carbonyl (C=O) groups is 1. The summed E-state index contributed by atoms with van der Waals surface area (Å²) in [4.78, 5) is 31.3. The van der Waals surface area contributed by atoms with E-state index in [0.717, 1.165) is 50.0 Å². The van der Waals surface area contributed by atoms with Crippen LogP contribution in [0.4, 0.5) is 17.5 Å². The lowest BCUT2D eigenvalue weighted by atomic mass is 10.1. The number of rotatable bonds is 14. The molecule has 0 saturated heterocycles. The van der Waals surface area contributed by atoms with Crippen LogP contribution in [-0.4, -0.2) is 67.6 Å². The number of halogens is 1. The Balaban J connectivity index is 1.62. The van der Waals surface area contributed by atoms with Crippen LogP contribution in [0.1, 0.15) is 56.2 Å². The maximum absolute atomic E-state index is 13.7. The van der Waals surface area contributed by atoms with Crippen LogP contribution in [0.2, 0.25) is 5.02 Å². The molecular formula is C31H39ClN6O4. The van der Waals surface area contributed by atoms with E-state index in [1.165, 1.54) is 0 Å². The summed E-state index contributed by atoms with van der Waals surface area (Å²) in [5.41, 5.74) is 9.59. The Kier molecular flexibility index (Phi) is 10.6. The van der Waals surface area contributed by atoms with Crippen molar-refractivity contribution in [2.24, 2.45) is 4.99 Å². The van der Waals surface area contributed by atoms with Crippen molar-refractivity contribution in [2.45, 2.75) is 46.0 Å². The van der Waals surface area contributed by atoms with Crippen LogP contribution >= 0.6 is 11.6 Å². The quantitative estimate of drug-likeness (QED) is 0.254. The number of aromatic nitrogens is 2. The Labute approximate surface area is 252 Å². The molecular weight excluding hydrogens is 556 g/mol. The average molecular weight is 595 g/mol. The number of hydrogen-bond acceptors (Lipinski definition) is 9. The fraction of sp³-hybridized carbons (Fsp3) is 0.419. The molecule has 0 unspecified atom stereocenters. The van der Waals surface area contributed by atoms with Crippen LogP contribution in [0.3, 0.4) is 0 Å². The van der Waals surface area contributed by atoms with Gasteiger partial charge in [0.25, 0.3) is 11.9 Å². The van der Waals surface area contributed by atoms with Crippen molar-refractivity contribution in [1.29, 1.82) is 0 Å². The van der Waals surface area contributed by atoms with Crippen molar-refractivity contribution in [3.8, 4) is 17.2 Å². The molecule has 0 atom stereocenters. The second kappa shape index (κ2) is 14.3. The molecule has 3 aromatic rings. The number of nitrogen functional groups attached to an aromatic ring is 1. The number of amides is 1. The fourth-order valence-corrected chi connectivity index (χ4v) is 5.08. The predicted molar refractivity (Wildman–Crippen MR) is 167 cm³/mol. The highest BCUT2D eigenvalue weighted by Crippen LogP contribution is 2.39. The minimum absolute atomic E-state index is 0.103. The predicted octanol–water partition coefficient (Wildman–Crippen LogP) is 5.66. The van der Waals surface area contributed by atoms with Gasteiger partial charge in [0.15, 0.2) is 11.5 Å². The first-order valence-electron chi connectivity index (χ1n) is 14.2. The number of nitrogens with two attached hydrogens (primary N) is 1. The molecule has 4 rings (SSSR count). The molecule has 0 fully saturated rings. The van der Waals surface area contributed by atoms with Gasteiger partial charge in [0.1, 0.15) is 11.5 Å². The van der Waals surface area contributed by atoms with Crippen molar-refractivity contribution < 1.29 is 19.0 Å². The number of benzene rings is 2. The molecule has 0 saturated carbocycles. The molecule has 11 heteroatoms. The highest BCUT2D eigenvalue weighted by atomic mass is 35.5. The van der Waals surface area contributed by atoms with Crippen LogP contribution in [0.15, 0.2) is 41.5 Å². The number of carbonyl (C=O) groups excluding carboxylic acids is 1. The lowest BCUT2D eigenvalue weighted by molar-refractivity contribution is -0.112. The molecule has 2 heterocycles. The van der Waals surface area contributed by atoms with E-state index in [0.29, 0.717) is 46.5 Å². The summed E-state index contributed by atoms with van der Waals surface area (Å²) in [6.45, 7) is 6.65. The molecule has 1 aromatic heterocycles. The van der Waals surface area contributed by atoms with Gasteiger partial charge in [0.2, 0.25) is 5.75 Å². The van der Waals surface area contributed by atoms with E-state index >= 15 is 0 Å². The average Bonchev–Trinajstić information content (AvgIpc) is 3.24. The van der Waals surface area contributed by atoms with Gasteiger partial charge in [0, 0.05) is 28.8 Å². The van der Waals surface area contributed by atoms with Crippen molar-refractivity contribution in [2.75, 3.05) is 51.7 Å². The molecule has 1 aliphatic rings. The Morgan fingerprint density at radius 3 is 2.24 bits per heavy atom. The number of ether oxygens (including phenoxy) is 3. The van der Waals surface area contributed by atoms with E-state index in [9.17, 15) is 4.79 Å². The van der Waals surface area contributed by atoms with Crippen molar-refractivity contribution >= 4 is 40.7 Å². The number of anilines is 2. The topological polar surface area (TPSA) is 115 Å². The summed E-state index contributed by atoms with van der Waals surface area (Å²) in [7, 11) is 4.69. The van der Waals surface area contributed by atoms with Crippen molar-refractivity contribution in [3.05, 3.63) is 58.2 Å². The number of methoxy groups -OCH3 is 3. The first-order chi connectivity index (χ1) is 20.3. The Hall–Kier alpha value is -3.89. The Morgan fingerprint density at radius 1 is 1.00 bits per heavy atom. The van der Waals surface area contributed by atoms with E-state index < -0.39 is 0 Å². The molecule has 0 aliphatic carbocycles. The molecule has 0 bridgehead atoms. The first-order valence-corrected chi connectivity index (χ1v) is 14.5. The number of fused-ring (bicyclic) bond motifs is 1. The van der Waals surface area contributed by atoms with E-state index in [-0.39, 0.29) is 23.4 Å². The third-order valence-electron chi connectivity index (χ3n) is 7.17. The smallest absolute Gasteiger partial charge is 0.278 e. The zero-order valence-electron chi connectivity index (χ0n) is 24.9. The number of nitrogens with zero attached hydrogens (tertiary/aromatic N) is 5. The molecule has 1 aliphatic heterocycles. The normalized spacial score (nSPS) is 13.6. The molecule has 10 nitrogen and oxygen atoms in total. The fourth-order valence-electron chi connectivity index (χ4n) is 4.91. The molecule has 42 heavy (non-hydrogen) atoms. The zero-order chi connectivity index (χ0) is 30.2. The molecule has 2 N–H and O–H groups in total. The highest BCUT2D eigenvalue weighted by Gasteiger charge is 2.35. The van der Waals surface area contributed by atoms with Crippen LogP contribution in [0.25, 0.3) is 0 Å². The third-order valence-corrected chi connectivity index (χ3v) is 7.40. The van der Waals surface area contributed by atoms with Crippen molar-refractivity contribution in [3.63, 3.8) is 0 Å². The van der Waals surface area contributed by atoms with Gasteiger partial charge in [-0.05, 0) is 61.8 Å². The van der Waals surface area contributed by atoms with E-state index in [2.05, 4.69) is 33.7 Å². The van der Waals surface area contributed by atoms with Gasteiger partial charge in [-0.25, -0.2) is 9.98 Å². The van der Waals surface area contributed by atoms with Gasteiger partial charge in [-0.1, -0.05) is 38.3 Å². The van der Waals surface area contributed by atoms with E-state index in [4.69, 9.17) is 31.5 Å². The Morgan fingerprint density at radius 2 is 1.67 bits per heavy atom. The maximum Gasteiger partial charge on any atom is 0.278 e. The summed E-state index contributed by atoms with van der Waals surface area (Å²) in [6, 6.07) is 9.12. The molecule has 1 amide bonds. The second-order valence-corrected chi connectivity index (χ2v) is 10.5. The first kappa shape index (κ1) is 31.1. The minimum atomic E-state index is -0.214. The maximum atomic E-state index is 13.7. The van der Waals surface area contributed by atoms with Gasteiger partial charge in [-0.3, -0.25) is 14.6 Å².